The van der Waals surface area contributed by atoms with Crippen LogP contribution < -0.4 is 5.73 Å². The van der Waals surface area contributed by atoms with Gasteiger partial charge in [0.05, 0.1) is 5.75 Å². The number of benzene rings is 1. The van der Waals surface area contributed by atoms with Crippen molar-refractivity contribution in [3.05, 3.63) is 35.4 Å². The van der Waals surface area contributed by atoms with Crippen LogP contribution in [0.25, 0.3) is 0 Å². The second-order valence-electron chi connectivity index (χ2n) is 6.06. The maximum absolute atomic E-state index is 12.6. The molecule has 2 N–H and O–H groups in total. The van der Waals surface area contributed by atoms with Crippen molar-refractivity contribution in [2.45, 2.75) is 37.5 Å². The smallest absolute Gasteiger partial charge is 0.218 e. The van der Waals surface area contributed by atoms with Crippen molar-refractivity contribution in [2.24, 2.45) is 11.7 Å². The molecule has 6 heteroatoms. The Morgan fingerprint density at radius 1 is 1.19 bits per heavy atom. The number of hydrogen-bond donors (Lipinski definition) is 1. The first-order valence-electron chi connectivity index (χ1n) is 7.34. The van der Waals surface area contributed by atoms with E-state index in [9.17, 15) is 8.42 Å². The molecule has 114 valence electrons. The van der Waals surface area contributed by atoms with E-state index in [4.69, 9.17) is 18.0 Å². The lowest BCUT2D eigenvalue weighted by Crippen LogP contribution is -2.35. The summed E-state index contributed by atoms with van der Waals surface area (Å²) in [5, 5.41) is 0. The lowest BCUT2D eigenvalue weighted by molar-refractivity contribution is 0.388. The summed E-state index contributed by atoms with van der Waals surface area (Å²) < 4.78 is 27.0. The van der Waals surface area contributed by atoms with Gasteiger partial charge in [-0.05, 0) is 37.2 Å². The van der Waals surface area contributed by atoms with Crippen molar-refractivity contribution in [3.8, 4) is 0 Å². The third-order valence-electron chi connectivity index (χ3n) is 4.03. The maximum Gasteiger partial charge on any atom is 0.218 e. The van der Waals surface area contributed by atoms with Crippen LogP contribution in [-0.2, 0) is 15.8 Å². The molecule has 4 nitrogen and oxygen atoms in total. The zero-order chi connectivity index (χ0) is 15.0. The monoisotopic (exact) mass is 324 g/mol. The second kappa shape index (κ2) is 5.66. The number of sulfonamides is 1. The lowest BCUT2D eigenvalue weighted by Gasteiger charge is -2.21. The second-order valence-corrected chi connectivity index (χ2v) is 8.42. The Balaban J connectivity index is 1.72. The third kappa shape index (κ3) is 3.81. The molecule has 2 fully saturated rings. The van der Waals surface area contributed by atoms with E-state index in [-0.39, 0.29) is 11.8 Å². The molecule has 0 radical (unpaired) electrons. The molecule has 0 unspecified atom stereocenters. The normalized spacial score (nSPS) is 18.9. The lowest BCUT2D eigenvalue weighted by atomic mass is 10.1. The highest BCUT2D eigenvalue weighted by Crippen LogP contribution is 2.37. The van der Waals surface area contributed by atoms with E-state index in [0.29, 0.717) is 17.5 Å². The molecule has 2 aliphatic rings. The quantitative estimate of drug-likeness (QED) is 0.780. The van der Waals surface area contributed by atoms with E-state index >= 15 is 0 Å². The van der Waals surface area contributed by atoms with Crippen molar-refractivity contribution in [1.82, 2.24) is 4.31 Å². The van der Waals surface area contributed by atoms with Crippen LogP contribution >= 0.6 is 12.2 Å². The van der Waals surface area contributed by atoms with Crippen molar-refractivity contribution in [1.29, 1.82) is 0 Å². The van der Waals surface area contributed by atoms with E-state index < -0.39 is 10.0 Å². The van der Waals surface area contributed by atoms with Gasteiger partial charge in [0.15, 0.2) is 0 Å². The molecule has 21 heavy (non-hydrogen) atoms. The van der Waals surface area contributed by atoms with E-state index in [0.717, 1.165) is 24.0 Å². The minimum atomic E-state index is -3.23. The Hall–Kier alpha value is -0.980. The first-order chi connectivity index (χ1) is 9.95. The van der Waals surface area contributed by atoms with Gasteiger partial charge in [0.2, 0.25) is 10.0 Å². The highest BCUT2D eigenvalue weighted by Gasteiger charge is 2.40. The van der Waals surface area contributed by atoms with Gasteiger partial charge >= 0.3 is 0 Å². The minimum absolute atomic E-state index is 0.0633. The topological polar surface area (TPSA) is 63.4 Å². The molecular weight excluding hydrogens is 304 g/mol. The number of nitrogens with zero attached hydrogens (tertiary/aromatic N) is 1. The zero-order valence-electron chi connectivity index (χ0n) is 11.9. The SMILES string of the molecule is NC(=S)c1ccc(CS(=O)(=O)N(CC2CC2)C2CC2)cc1. The zero-order valence-corrected chi connectivity index (χ0v) is 13.5. The molecule has 3 rings (SSSR count). The predicted octanol–water partition coefficient (Wildman–Crippen LogP) is 2.02. The van der Waals surface area contributed by atoms with E-state index in [1.807, 2.05) is 0 Å². The van der Waals surface area contributed by atoms with Crippen molar-refractivity contribution < 1.29 is 8.42 Å². The van der Waals surface area contributed by atoms with Crippen LogP contribution in [0.3, 0.4) is 0 Å². The van der Waals surface area contributed by atoms with Crippen LogP contribution in [0.15, 0.2) is 24.3 Å². The summed E-state index contributed by atoms with van der Waals surface area (Å²) in [5.41, 5.74) is 7.11. The molecule has 2 aliphatic carbocycles. The largest absolute Gasteiger partial charge is 0.389 e. The average molecular weight is 324 g/mol. The van der Waals surface area contributed by atoms with Gasteiger partial charge in [-0.1, -0.05) is 36.5 Å². The molecule has 0 aromatic heterocycles. The molecule has 0 heterocycles. The summed E-state index contributed by atoms with van der Waals surface area (Å²) in [5.74, 6) is 0.644. The Labute approximate surface area is 131 Å². The summed E-state index contributed by atoms with van der Waals surface area (Å²) in [6.07, 6.45) is 4.35. The van der Waals surface area contributed by atoms with Crippen molar-refractivity contribution in [2.75, 3.05) is 6.54 Å². The van der Waals surface area contributed by atoms with Crippen molar-refractivity contribution >= 4 is 27.2 Å². The molecule has 0 amide bonds. The molecule has 0 bridgehead atoms. The Bertz CT molecular complexity index is 632. The summed E-state index contributed by atoms with van der Waals surface area (Å²) in [6, 6.07) is 7.42. The summed E-state index contributed by atoms with van der Waals surface area (Å²) in [7, 11) is -3.23. The Morgan fingerprint density at radius 3 is 2.29 bits per heavy atom. The van der Waals surface area contributed by atoms with Gasteiger partial charge in [0.1, 0.15) is 4.99 Å². The van der Waals surface area contributed by atoms with Crippen LogP contribution in [-0.4, -0.2) is 30.3 Å². The molecule has 1 aromatic rings. The van der Waals surface area contributed by atoms with E-state index in [1.165, 1.54) is 12.8 Å². The van der Waals surface area contributed by atoms with Crippen LogP contribution in [0.1, 0.15) is 36.8 Å². The molecule has 2 saturated carbocycles. The first kappa shape index (κ1) is 14.9. The molecule has 0 aliphatic heterocycles. The number of hydrogen-bond acceptors (Lipinski definition) is 3. The van der Waals surface area contributed by atoms with Crippen LogP contribution in [0, 0.1) is 5.92 Å². The summed E-state index contributed by atoms with van der Waals surface area (Å²) in [6.45, 7) is 0.706. The minimum Gasteiger partial charge on any atom is -0.389 e. The van der Waals surface area contributed by atoms with Crippen LogP contribution in [0.2, 0.25) is 0 Å². The average Bonchev–Trinajstić information content (AvgIpc) is 3.29. The van der Waals surface area contributed by atoms with E-state index in [1.54, 1.807) is 28.6 Å². The van der Waals surface area contributed by atoms with Gasteiger partial charge in [-0.3, -0.25) is 0 Å². The fourth-order valence-electron chi connectivity index (χ4n) is 2.47. The van der Waals surface area contributed by atoms with Gasteiger partial charge in [-0.2, -0.15) is 4.31 Å². The predicted molar refractivity (Wildman–Crippen MR) is 87.4 cm³/mol. The number of rotatable bonds is 7. The highest BCUT2D eigenvalue weighted by molar-refractivity contribution is 7.88. The van der Waals surface area contributed by atoms with Gasteiger partial charge in [0.25, 0.3) is 0 Å². The molecule has 0 spiro atoms. The molecule has 0 atom stereocenters. The van der Waals surface area contributed by atoms with E-state index in [2.05, 4.69) is 0 Å². The fraction of sp³-hybridized carbons (Fsp3) is 0.533. The Morgan fingerprint density at radius 2 is 1.81 bits per heavy atom. The number of thiocarbonyl (C=S) groups is 1. The highest BCUT2D eigenvalue weighted by atomic mass is 32.2. The maximum atomic E-state index is 12.6. The van der Waals surface area contributed by atoms with Crippen LogP contribution in [0.5, 0.6) is 0 Å². The molecule has 1 aromatic carbocycles. The van der Waals surface area contributed by atoms with Gasteiger partial charge < -0.3 is 5.73 Å². The summed E-state index contributed by atoms with van der Waals surface area (Å²) >= 11 is 4.90. The number of nitrogens with two attached hydrogens (primary N) is 1. The Kier molecular flexibility index (Phi) is 4.03. The summed E-state index contributed by atoms with van der Waals surface area (Å²) in [4.78, 5) is 0.331. The van der Waals surface area contributed by atoms with Gasteiger partial charge in [-0.15, -0.1) is 0 Å². The van der Waals surface area contributed by atoms with Gasteiger partial charge in [0, 0.05) is 18.2 Å². The van der Waals surface area contributed by atoms with Crippen molar-refractivity contribution in [3.63, 3.8) is 0 Å². The van der Waals surface area contributed by atoms with Crippen LogP contribution in [0.4, 0.5) is 0 Å². The standard InChI is InChI=1S/C15H20N2O2S2/c16-15(20)13-5-3-12(4-6-13)10-21(18,19)17(14-7-8-14)9-11-1-2-11/h3-6,11,14H,1-2,7-10H2,(H2,16,20). The molecule has 0 saturated heterocycles. The van der Waals surface area contributed by atoms with Gasteiger partial charge in [-0.25, -0.2) is 8.42 Å². The molecular formula is C15H20N2O2S2. The first-order valence-corrected chi connectivity index (χ1v) is 9.36. The fourth-order valence-corrected chi connectivity index (χ4v) is 4.48. The third-order valence-corrected chi connectivity index (χ3v) is 6.13.